The number of hydrogen-bond acceptors (Lipinski definition) is 7. The lowest BCUT2D eigenvalue weighted by molar-refractivity contribution is -0.394. The molecule has 0 fully saturated rings. The largest absolute Gasteiger partial charge is 0.497 e. The zero-order valence-corrected chi connectivity index (χ0v) is 19.1. The van der Waals surface area contributed by atoms with Gasteiger partial charge < -0.3 is 20.7 Å². The van der Waals surface area contributed by atoms with Gasteiger partial charge in [0.05, 0.1) is 28.6 Å². The maximum atomic E-state index is 12.6. The van der Waals surface area contributed by atoms with E-state index in [1.165, 1.54) is 7.11 Å². The molecular formula is C17H14Cl3N5O6S. The Labute approximate surface area is 201 Å². The second-order valence-electron chi connectivity index (χ2n) is 6.03. The first-order chi connectivity index (χ1) is 14.9. The maximum Gasteiger partial charge on any atom is 0.277 e. The Morgan fingerprint density at radius 3 is 2.00 bits per heavy atom. The van der Waals surface area contributed by atoms with Gasteiger partial charge in [-0.05, 0) is 36.5 Å². The van der Waals surface area contributed by atoms with E-state index in [1.54, 1.807) is 24.3 Å². The molecule has 0 aliphatic heterocycles. The predicted molar refractivity (Wildman–Crippen MR) is 124 cm³/mol. The van der Waals surface area contributed by atoms with Gasteiger partial charge in [0.1, 0.15) is 11.9 Å². The SMILES string of the molecule is COc1ccc(NC(=S)N[C@@H](NC(=O)c2cc([N+](=O)[O-])cc([N+](=O)[O-])c2)C(Cl)(Cl)Cl)cc1. The van der Waals surface area contributed by atoms with E-state index in [4.69, 9.17) is 51.8 Å². The van der Waals surface area contributed by atoms with E-state index in [0.29, 0.717) is 11.4 Å². The van der Waals surface area contributed by atoms with Gasteiger partial charge in [0.25, 0.3) is 17.3 Å². The van der Waals surface area contributed by atoms with Crippen molar-refractivity contribution in [3.8, 4) is 5.75 Å². The van der Waals surface area contributed by atoms with Crippen molar-refractivity contribution in [2.45, 2.75) is 9.96 Å². The molecule has 0 aliphatic rings. The van der Waals surface area contributed by atoms with Crippen LogP contribution >= 0.6 is 47.0 Å². The summed E-state index contributed by atoms with van der Waals surface area (Å²) in [6.07, 6.45) is -1.41. The number of anilines is 1. The van der Waals surface area contributed by atoms with E-state index in [-0.39, 0.29) is 10.7 Å². The van der Waals surface area contributed by atoms with Crippen molar-refractivity contribution < 1.29 is 19.4 Å². The highest BCUT2D eigenvalue weighted by atomic mass is 35.6. The Hall–Kier alpha value is -2.93. The highest BCUT2D eigenvalue weighted by molar-refractivity contribution is 7.80. The smallest absolute Gasteiger partial charge is 0.277 e. The minimum Gasteiger partial charge on any atom is -0.497 e. The minimum atomic E-state index is -2.12. The van der Waals surface area contributed by atoms with Crippen molar-refractivity contribution in [2.24, 2.45) is 0 Å². The van der Waals surface area contributed by atoms with Crippen molar-refractivity contribution in [3.63, 3.8) is 0 Å². The molecule has 0 saturated heterocycles. The van der Waals surface area contributed by atoms with Crippen LogP contribution in [0, 0.1) is 20.2 Å². The van der Waals surface area contributed by atoms with Crippen LogP contribution in [-0.4, -0.2) is 37.9 Å². The standard InChI is InChI=1S/C17H14Cl3N5O6S/c1-31-13-4-2-10(3-5-13)21-16(32)23-15(17(18,19)20)22-14(26)9-6-11(24(27)28)8-12(7-9)25(29)30/h2-8,15H,1H3,(H,22,26)(H2,21,23,32)/t15-/m1/s1. The number of nitrogens with one attached hydrogen (secondary N) is 3. The second kappa shape index (κ2) is 10.6. The molecule has 0 unspecified atom stereocenters. The number of carbonyl (C=O) groups is 1. The zero-order valence-electron chi connectivity index (χ0n) is 16.0. The van der Waals surface area contributed by atoms with Crippen LogP contribution in [-0.2, 0) is 0 Å². The molecule has 1 atom stereocenters. The monoisotopic (exact) mass is 521 g/mol. The molecular weight excluding hydrogens is 509 g/mol. The average Bonchev–Trinajstić information content (AvgIpc) is 2.72. The van der Waals surface area contributed by atoms with Gasteiger partial charge in [0.2, 0.25) is 3.79 Å². The number of alkyl halides is 3. The third-order valence-corrected chi connectivity index (χ3v) is 4.69. The second-order valence-corrected chi connectivity index (χ2v) is 8.80. The summed E-state index contributed by atoms with van der Waals surface area (Å²) in [6, 6.07) is 9.10. The van der Waals surface area contributed by atoms with Crippen LogP contribution < -0.4 is 20.7 Å². The fraction of sp³-hybridized carbons (Fsp3) is 0.176. The number of rotatable bonds is 7. The first-order valence-electron chi connectivity index (χ1n) is 8.43. The van der Waals surface area contributed by atoms with Gasteiger partial charge in [0.15, 0.2) is 5.11 Å². The summed E-state index contributed by atoms with van der Waals surface area (Å²) in [6.45, 7) is 0. The molecule has 2 aromatic carbocycles. The number of halogens is 3. The van der Waals surface area contributed by atoms with Gasteiger partial charge in [-0.1, -0.05) is 34.8 Å². The summed E-state index contributed by atoms with van der Waals surface area (Å²) in [5.74, 6) is -0.361. The normalized spacial score (nSPS) is 11.8. The molecule has 0 heterocycles. The number of methoxy groups -OCH3 is 1. The highest BCUT2D eigenvalue weighted by Crippen LogP contribution is 2.30. The topological polar surface area (TPSA) is 149 Å². The number of benzene rings is 2. The van der Waals surface area contributed by atoms with Crippen LogP contribution in [0.3, 0.4) is 0 Å². The third-order valence-electron chi connectivity index (χ3n) is 3.81. The first kappa shape index (κ1) is 25.3. The third kappa shape index (κ3) is 7.05. The van der Waals surface area contributed by atoms with E-state index < -0.39 is 37.1 Å². The van der Waals surface area contributed by atoms with E-state index in [1.807, 2.05) is 0 Å². The number of amides is 1. The number of ether oxygens (including phenoxy) is 1. The minimum absolute atomic E-state index is 0.0307. The van der Waals surface area contributed by atoms with Crippen molar-refractivity contribution in [2.75, 3.05) is 12.4 Å². The van der Waals surface area contributed by atoms with Gasteiger partial charge in [-0.2, -0.15) is 0 Å². The van der Waals surface area contributed by atoms with Crippen LogP contribution in [0.5, 0.6) is 5.75 Å². The fourth-order valence-electron chi connectivity index (χ4n) is 2.32. The van der Waals surface area contributed by atoms with Gasteiger partial charge in [-0.3, -0.25) is 25.0 Å². The van der Waals surface area contributed by atoms with Crippen molar-refractivity contribution in [3.05, 3.63) is 68.3 Å². The van der Waals surface area contributed by atoms with Crippen LogP contribution in [0.2, 0.25) is 0 Å². The molecule has 11 nitrogen and oxygen atoms in total. The van der Waals surface area contributed by atoms with Crippen LogP contribution in [0.25, 0.3) is 0 Å². The average molecular weight is 523 g/mol. The number of non-ortho nitro benzene ring substituents is 2. The molecule has 0 aliphatic carbocycles. The molecule has 0 aromatic heterocycles. The highest BCUT2D eigenvalue weighted by Gasteiger charge is 2.35. The molecule has 0 bridgehead atoms. The molecule has 0 radical (unpaired) electrons. The number of nitro benzene ring substituents is 2. The summed E-state index contributed by atoms with van der Waals surface area (Å²) in [4.78, 5) is 32.9. The van der Waals surface area contributed by atoms with Crippen LogP contribution in [0.1, 0.15) is 10.4 Å². The summed E-state index contributed by atoms with van der Waals surface area (Å²) < 4.78 is 2.94. The quantitative estimate of drug-likeness (QED) is 0.162. The Morgan fingerprint density at radius 2 is 1.56 bits per heavy atom. The van der Waals surface area contributed by atoms with Gasteiger partial charge in [0, 0.05) is 17.8 Å². The van der Waals surface area contributed by atoms with Crippen LogP contribution in [0.4, 0.5) is 17.1 Å². The number of nitrogens with zero attached hydrogens (tertiary/aromatic N) is 2. The number of hydrogen-bond donors (Lipinski definition) is 3. The van der Waals surface area contributed by atoms with Crippen molar-refractivity contribution in [1.82, 2.24) is 10.6 Å². The molecule has 3 N–H and O–H groups in total. The molecule has 1 amide bonds. The Bertz CT molecular complexity index is 1020. The van der Waals surface area contributed by atoms with Crippen LogP contribution in [0.15, 0.2) is 42.5 Å². The van der Waals surface area contributed by atoms with E-state index in [0.717, 1.165) is 18.2 Å². The zero-order chi connectivity index (χ0) is 24.1. The summed E-state index contributed by atoms with van der Waals surface area (Å²) in [5.41, 5.74) is -1.13. The number of thiocarbonyl (C=S) groups is 1. The first-order valence-corrected chi connectivity index (χ1v) is 9.98. The van der Waals surface area contributed by atoms with E-state index >= 15 is 0 Å². The molecule has 0 spiro atoms. The van der Waals surface area contributed by atoms with E-state index in [2.05, 4.69) is 16.0 Å². The lowest BCUT2D eigenvalue weighted by atomic mass is 10.1. The Kier molecular flexibility index (Phi) is 8.38. The molecule has 32 heavy (non-hydrogen) atoms. The molecule has 15 heteroatoms. The molecule has 170 valence electrons. The van der Waals surface area contributed by atoms with Gasteiger partial charge in [-0.15, -0.1) is 0 Å². The molecule has 2 aromatic rings. The maximum absolute atomic E-state index is 12.6. The summed E-state index contributed by atoms with van der Waals surface area (Å²) in [5, 5.41) is 29.8. The van der Waals surface area contributed by atoms with Crippen molar-refractivity contribution in [1.29, 1.82) is 0 Å². The van der Waals surface area contributed by atoms with Gasteiger partial charge in [-0.25, -0.2) is 0 Å². The van der Waals surface area contributed by atoms with Gasteiger partial charge >= 0.3 is 0 Å². The Balaban J connectivity index is 2.19. The van der Waals surface area contributed by atoms with E-state index in [9.17, 15) is 25.0 Å². The predicted octanol–water partition coefficient (Wildman–Crippen LogP) is 3.92. The number of carbonyl (C=O) groups excluding carboxylic acids is 1. The summed E-state index contributed by atoms with van der Waals surface area (Å²) in [7, 11) is 1.51. The lowest BCUT2D eigenvalue weighted by Crippen LogP contribution is -2.56. The lowest BCUT2D eigenvalue weighted by Gasteiger charge is -2.27. The molecule has 0 saturated carbocycles. The fourth-order valence-corrected chi connectivity index (χ4v) is 2.89. The van der Waals surface area contributed by atoms with Crippen molar-refractivity contribution >= 4 is 75.1 Å². The molecule has 2 rings (SSSR count). The Morgan fingerprint density at radius 1 is 1.03 bits per heavy atom. The summed E-state index contributed by atoms with van der Waals surface area (Å²) >= 11 is 22.9. The number of nitro groups is 2.